The molecule has 0 amide bonds. The second-order valence-corrected chi connectivity index (χ2v) is 12.0. The number of Topliss-reactive ketones (excluding diaryl/α,β-unsaturated/α-hetero) is 1. The molecule has 1 saturated heterocycles. The number of nitrogens with zero attached hydrogens (tertiary/aromatic N) is 3. The summed E-state index contributed by atoms with van der Waals surface area (Å²) in [4.78, 5) is 20.3. The Hall–Kier alpha value is -1.25. The monoisotopic (exact) mass is 495 g/mol. The fourth-order valence-electron chi connectivity index (χ4n) is 5.46. The lowest BCUT2D eigenvalue weighted by atomic mass is 9.78. The maximum Gasteiger partial charge on any atom is 0.273 e. The van der Waals surface area contributed by atoms with Crippen LogP contribution in [0.1, 0.15) is 85.4 Å². The predicted molar refractivity (Wildman–Crippen MR) is 130 cm³/mol. The Kier molecular flexibility index (Phi) is 8.28. The van der Waals surface area contributed by atoms with Crippen LogP contribution in [0, 0.1) is 18.8 Å². The Morgan fingerprint density at radius 3 is 2.48 bits per heavy atom. The van der Waals surface area contributed by atoms with E-state index in [0.29, 0.717) is 30.2 Å². The van der Waals surface area contributed by atoms with Gasteiger partial charge in [-0.3, -0.25) is 4.79 Å². The molecule has 0 unspecified atom stereocenters. The Labute approximate surface area is 204 Å². The number of halogens is 2. The lowest BCUT2D eigenvalue weighted by Crippen LogP contribution is -2.35. The largest absolute Gasteiger partial charge is 0.303 e. The van der Waals surface area contributed by atoms with Gasteiger partial charge in [-0.15, -0.1) is 11.3 Å². The van der Waals surface area contributed by atoms with Crippen LogP contribution in [-0.2, 0) is 17.1 Å². The average molecular weight is 496 g/mol. The smallest absolute Gasteiger partial charge is 0.273 e. The van der Waals surface area contributed by atoms with E-state index in [1.807, 2.05) is 13.1 Å². The van der Waals surface area contributed by atoms with E-state index in [9.17, 15) is 13.6 Å². The molecule has 0 aromatic carbocycles. The zero-order valence-corrected chi connectivity index (χ0v) is 21.3. The van der Waals surface area contributed by atoms with Crippen molar-refractivity contribution in [2.45, 2.75) is 83.5 Å². The molecule has 182 valence electrons. The maximum atomic E-state index is 13.8. The molecule has 0 atom stereocenters. The van der Waals surface area contributed by atoms with Gasteiger partial charge in [0, 0.05) is 42.1 Å². The highest BCUT2D eigenvalue weighted by atomic mass is 32.1. The molecule has 2 fully saturated rings. The molecule has 2 aromatic rings. The minimum absolute atomic E-state index is 0.128. The third-order valence-corrected chi connectivity index (χ3v) is 8.98. The van der Waals surface area contributed by atoms with Crippen LogP contribution < -0.4 is 0 Å². The summed E-state index contributed by atoms with van der Waals surface area (Å²) in [5.41, 5.74) is 0.758. The van der Waals surface area contributed by atoms with Crippen LogP contribution in [0.4, 0.5) is 8.78 Å². The third-order valence-electron chi connectivity index (χ3n) is 7.42. The molecule has 33 heavy (non-hydrogen) atoms. The van der Waals surface area contributed by atoms with E-state index in [1.54, 1.807) is 11.3 Å². The fraction of sp³-hybridized carbons (Fsp3) is 0.720. The number of aromatic nitrogens is 2. The van der Waals surface area contributed by atoms with Gasteiger partial charge in [-0.1, -0.05) is 12.8 Å². The summed E-state index contributed by atoms with van der Waals surface area (Å²) < 4.78 is 32.0. The first-order valence-electron chi connectivity index (χ1n) is 12.3. The summed E-state index contributed by atoms with van der Waals surface area (Å²) in [5.74, 6) is -0.989. The van der Waals surface area contributed by atoms with Crippen LogP contribution in [0.25, 0.3) is 0 Å². The van der Waals surface area contributed by atoms with E-state index in [2.05, 4.69) is 14.3 Å². The molecule has 1 aliphatic heterocycles. The van der Waals surface area contributed by atoms with Gasteiger partial charge in [-0.2, -0.15) is 4.37 Å². The SMILES string of the molecule is Cc1ncc(CC(=O)CC2CCC(CCN3CCC(c4nscc4C(C)(F)F)CC3)CC2)s1. The number of hydrogen-bond acceptors (Lipinski definition) is 6. The molecule has 3 heterocycles. The number of hydrogen-bond donors (Lipinski definition) is 0. The number of ketones is 1. The Balaban J connectivity index is 1.13. The van der Waals surface area contributed by atoms with E-state index in [1.165, 1.54) is 24.6 Å². The van der Waals surface area contributed by atoms with Crippen molar-refractivity contribution in [1.82, 2.24) is 14.3 Å². The molecule has 8 heteroatoms. The van der Waals surface area contributed by atoms with Crippen molar-refractivity contribution in [3.63, 3.8) is 0 Å². The van der Waals surface area contributed by atoms with Crippen LogP contribution in [0.3, 0.4) is 0 Å². The number of thiazole rings is 1. The number of alkyl halides is 2. The van der Waals surface area contributed by atoms with Crippen LogP contribution in [0.5, 0.6) is 0 Å². The van der Waals surface area contributed by atoms with Gasteiger partial charge in [-0.25, -0.2) is 13.8 Å². The van der Waals surface area contributed by atoms with Crippen molar-refractivity contribution in [1.29, 1.82) is 0 Å². The van der Waals surface area contributed by atoms with E-state index in [-0.39, 0.29) is 11.5 Å². The molecule has 4 nitrogen and oxygen atoms in total. The molecule has 1 aliphatic carbocycles. The summed E-state index contributed by atoms with van der Waals surface area (Å²) in [6.07, 6.45) is 10.9. The molecule has 0 bridgehead atoms. The number of rotatable bonds is 9. The van der Waals surface area contributed by atoms with Crippen LogP contribution >= 0.6 is 22.9 Å². The van der Waals surface area contributed by atoms with Crippen LogP contribution in [0.2, 0.25) is 0 Å². The maximum absolute atomic E-state index is 13.8. The van der Waals surface area contributed by atoms with Crippen molar-refractivity contribution in [3.05, 3.63) is 32.7 Å². The van der Waals surface area contributed by atoms with Crippen molar-refractivity contribution in [2.75, 3.05) is 19.6 Å². The van der Waals surface area contributed by atoms with Crippen molar-refractivity contribution < 1.29 is 13.6 Å². The minimum atomic E-state index is -2.80. The van der Waals surface area contributed by atoms with E-state index in [0.717, 1.165) is 79.6 Å². The lowest BCUT2D eigenvalue weighted by Gasteiger charge is -2.34. The van der Waals surface area contributed by atoms with Gasteiger partial charge in [0.1, 0.15) is 5.78 Å². The number of carbonyl (C=O) groups is 1. The number of likely N-dealkylation sites (tertiary alicyclic amines) is 1. The van der Waals surface area contributed by atoms with Gasteiger partial charge >= 0.3 is 0 Å². The highest BCUT2D eigenvalue weighted by Gasteiger charge is 2.34. The van der Waals surface area contributed by atoms with Gasteiger partial charge in [0.15, 0.2) is 0 Å². The third kappa shape index (κ3) is 6.89. The summed E-state index contributed by atoms with van der Waals surface area (Å²) >= 11 is 2.78. The fourth-order valence-corrected chi connectivity index (χ4v) is 7.13. The minimum Gasteiger partial charge on any atom is -0.303 e. The summed E-state index contributed by atoms with van der Waals surface area (Å²) in [6.45, 7) is 5.99. The molecule has 0 radical (unpaired) electrons. The average Bonchev–Trinajstić information content (AvgIpc) is 3.43. The van der Waals surface area contributed by atoms with Crippen LogP contribution in [-0.4, -0.2) is 39.7 Å². The molecular weight excluding hydrogens is 460 g/mol. The Bertz CT molecular complexity index is 907. The van der Waals surface area contributed by atoms with Crippen molar-refractivity contribution in [3.8, 4) is 0 Å². The van der Waals surface area contributed by atoms with Crippen LogP contribution in [0.15, 0.2) is 11.6 Å². The number of carbonyl (C=O) groups excluding carboxylic acids is 1. The van der Waals surface area contributed by atoms with E-state index in [4.69, 9.17) is 0 Å². The first-order chi connectivity index (χ1) is 15.8. The first kappa shape index (κ1) is 24.9. The van der Waals surface area contributed by atoms with Gasteiger partial charge in [0.05, 0.1) is 16.3 Å². The molecule has 0 N–H and O–H groups in total. The Morgan fingerprint density at radius 2 is 1.85 bits per heavy atom. The second-order valence-electron chi connectivity index (χ2n) is 10.1. The number of aryl methyl sites for hydroxylation is 1. The quantitative estimate of drug-likeness (QED) is 0.393. The van der Waals surface area contributed by atoms with E-state index >= 15 is 0 Å². The van der Waals surface area contributed by atoms with Gasteiger partial charge in [0.25, 0.3) is 5.92 Å². The lowest BCUT2D eigenvalue weighted by molar-refractivity contribution is -0.119. The molecular formula is C25H35F2N3OS2. The highest BCUT2D eigenvalue weighted by molar-refractivity contribution is 7.11. The summed E-state index contributed by atoms with van der Waals surface area (Å²) in [6, 6.07) is 0. The second kappa shape index (κ2) is 11.0. The molecule has 1 saturated carbocycles. The normalized spacial score (nSPS) is 23.2. The standard InChI is InChI=1S/C25H35F2N3OS2/c1-17-28-15-22(33-17)14-21(31)13-19-5-3-18(4-6-19)7-10-30-11-8-20(9-12-30)24-23(16-32-29-24)25(2,26)27/h15-16,18-20H,3-14H2,1-2H3. The summed E-state index contributed by atoms with van der Waals surface area (Å²) in [7, 11) is 0. The molecule has 0 spiro atoms. The Morgan fingerprint density at radius 1 is 1.15 bits per heavy atom. The first-order valence-corrected chi connectivity index (χ1v) is 13.9. The van der Waals surface area contributed by atoms with Gasteiger partial charge in [0.2, 0.25) is 0 Å². The molecule has 2 aromatic heterocycles. The highest BCUT2D eigenvalue weighted by Crippen LogP contribution is 2.38. The van der Waals surface area contributed by atoms with Crippen molar-refractivity contribution >= 4 is 28.7 Å². The molecule has 4 rings (SSSR count). The van der Waals surface area contributed by atoms with E-state index < -0.39 is 5.92 Å². The zero-order valence-electron chi connectivity index (χ0n) is 19.7. The van der Waals surface area contributed by atoms with Gasteiger partial charge in [-0.05, 0) is 82.0 Å². The molecule has 2 aliphatic rings. The predicted octanol–water partition coefficient (Wildman–Crippen LogP) is 6.60. The van der Waals surface area contributed by atoms with Gasteiger partial charge < -0.3 is 4.90 Å². The van der Waals surface area contributed by atoms with Crippen molar-refractivity contribution in [2.24, 2.45) is 11.8 Å². The topological polar surface area (TPSA) is 46.1 Å². The summed E-state index contributed by atoms with van der Waals surface area (Å²) in [5, 5.41) is 2.55. The zero-order chi connectivity index (χ0) is 23.4. The number of piperidine rings is 1.